The summed E-state index contributed by atoms with van der Waals surface area (Å²) >= 11 is 0. The largest absolute Gasteiger partial charge is 0.369 e. The summed E-state index contributed by atoms with van der Waals surface area (Å²) < 4.78 is 22.3. The van der Waals surface area contributed by atoms with Crippen molar-refractivity contribution in [3.63, 3.8) is 0 Å². The van der Waals surface area contributed by atoms with E-state index in [0.717, 1.165) is 11.8 Å². The number of sulfone groups is 1. The predicted molar refractivity (Wildman–Crippen MR) is 57.2 cm³/mol. The van der Waals surface area contributed by atoms with Gasteiger partial charge in [-0.2, -0.15) is 0 Å². The average Bonchev–Trinajstić information content (AvgIpc) is 2.15. The van der Waals surface area contributed by atoms with Crippen molar-refractivity contribution < 1.29 is 13.2 Å². The number of carbonyl (C=O) groups excluding carboxylic acids is 1. The molecular formula is C10H13NO3S. The van der Waals surface area contributed by atoms with Crippen LogP contribution in [0.3, 0.4) is 0 Å². The van der Waals surface area contributed by atoms with Gasteiger partial charge in [-0.05, 0) is 24.6 Å². The fraction of sp³-hybridized carbons (Fsp3) is 0.300. The molecule has 5 heteroatoms. The fourth-order valence-electron chi connectivity index (χ4n) is 1.17. The lowest BCUT2D eigenvalue weighted by atomic mass is 10.0. The van der Waals surface area contributed by atoms with Crippen LogP contribution in [0.25, 0.3) is 0 Å². The predicted octanol–water partition coefficient (Wildman–Crippen LogP) is 0.679. The highest BCUT2D eigenvalue weighted by molar-refractivity contribution is 7.90. The maximum atomic E-state index is 11.2. The van der Waals surface area contributed by atoms with Crippen LogP contribution in [-0.2, 0) is 14.6 Å². The second kappa shape index (κ2) is 4.02. The van der Waals surface area contributed by atoms with Crippen molar-refractivity contribution >= 4 is 15.7 Å². The third-order valence-electron chi connectivity index (χ3n) is 2.24. The van der Waals surface area contributed by atoms with E-state index in [0.29, 0.717) is 0 Å². The van der Waals surface area contributed by atoms with E-state index < -0.39 is 21.7 Å². The summed E-state index contributed by atoms with van der Waals surface area (Å²) in [5.74, 6) is -0.833. The number of hydrogen-bond donors (Lipinski definition) is 1. The Bertz CT molecular complexity index is 462. The van der Waals surface area contributed by atoms with E-state index in [-0.39, 0.29) is 4.90 Å². The number of nitrogens with two attached hydrogens (primary N) is 1. The van der Waals surface area contributed by atoms with Crippen LogP contribution >= 0.6 is 0 Å². The highest BCUT2D eigenvalue weighted by atomic mass is 32.2. The summed E-state index contributed by atoms with van der Waals surface area (Å²) in [5.41, 5.74) is 5.85. The highest BCUT2D eigenvalue weighted by Gasteiger charge is 2.12. The van der Waals surface area contributed by atoms with Crippen LogP contribution in [0.2, 0.25) is 0 Å². The van der Waals surface area contributed by atoms with Gasteiger partial charge in [0.15, 0.2) is 9.84 Å². The molecule has 0 saturated heterocycles. The number of rotatable bonds is 3. The Hall–Kier alpha value is -1.36. The number of primary amides is 1. The molecule has 0 aliphatic rings. The van der Waals surface area contributed by atoms with Gasteiger partial charge in [0.1, 0.15) is 0 Å². The van der Waals surface area contributed by atoms with Crippen LogP contribution in [-0.4, -0.2) is 20.6 Å². The molecule has 1 rings (SSSR count). The molecule has 2 N–H and O–H groups in total. The van der Waals surface area contributed by atoms with Gasteiger partial charge in [-0.15, -0.1) is 0 Å². The molecule has 15 heavy (non-hydrogen) atoms. The SMILES string of the molecule is C[C@@H](C(N)=O)c1ccc(S(C)(=O)=O)cc1. The summed E-state index contributed by atoms with van der Waals surface area (Å²) in [4.78, 5) is 11.1. The van der Waals surface area contributed by atoms with Gasteiger partial charge < -0.3 is 5.73 Å². The zero-order chi connectivity index (χ0) is 11.6. The van der Waals surface area contributed by atoms with Gasteiger partial charge in [0.25, 0.3) is 0 Å². The minimum atomic E-state index is -3.18. The first kappa shape index (κ1) is 11.7. The first-order valence-electron chi connectivity index (χ1n) is 4.41. The standard InChI is InChI=1S/C10H13NO3S/c1-7(10(11)12)8-3-5-9(6-4-8)15(2,13)14/h3-7H,1-2H3,(H2,11,12)/t7-/m1/s1. The van der Waals surface area contributed by atoms with Crippen LogP contribution in [0, 0.1) is 0 Å². The summed E-state index contributed by atoms with van der Waals surface area (Å²) in [5, 5.41) is 0. The third-order valence-corrected chi connectivity index (χ3v) is 3.36. The lowest BCUT2D eigenvalue weighted by Crippen LogP contribution is -2.18. The van der Waals surface area contributed by atoms with Gasteiger partial charge in [-0.1, -0.05) is 12.1 Å². The van der Waals surface area contributed by atoms with Gasteiger partial charge in [-0.3, -0.25) is 4.79 Å². The zero-order valence-corrected chi connectivity index (χ0v) is 9.41. The van der Waals surface area contributed by atoms with Crippen LogP contribution in [0.1, 0.15) is 18.4 Å². The molecule has 1 aromatic carbocycles. The van der Waals surface area contributed by atoms with E-state index in [9.17, 15) is 13.2 Å². The van der Waals surface area contributed by atoms with Crippen LogP contribution in [0.5, 0.6) is 0 Å². The summed E-state index contributed by atoms with van der Waals surface area (Å²) in [6.45, 7) is 1.68. The maximum Gasteiger partial charge on any atom is 0.224 e. The van der Waals surface area contributed by atoms with Crippen molar-refractivity contribution in [2.45, 2.75) is 17.7 Å². The topological polar surface area (TPSA) is 77.2 Å². The van der Waals surface area contributed by atoms with Gasteiger partial charge >= 0.3 is 0 Å². The van der Waals surface area contributed by atoms with Crippen molar-refractivity contribution in [1.29, 1.82) is 0 Å². The van der Waals surface area contributed by atoms with Crippen molar-refractivity contribution in [2.24, 2.45) is 5.73 Å². The lowest BCUT2D eigenvalue weighted by molar-refractivity contribution is -0.119. The molecule has 1 atom stereocenters. The minimum absolute atomic E-state index is 0.239. The molecule has 4 nitrogen and oxygen atoms in total. The molecule has 82 valence electrons. The Morgan fingerprint density at radius 3 is 2.07 bits per heavy atom. The number of benzene rings is 1. The quantitative estimate of drug-likeness (QED) is 0.824. The van der Waals surface area contributed by atoms with Crippen molar-refractivity contribution in [2.75, 3.05) is 6.26 Å². The zero-order valence-electron chi connectivity index (χ0n) is 8.60. The first-order chi connectivity index (χ1) is 6.82. The van der Waals surface area contributed by atoms with E-state index in [1.165, 1.54) is 12.1 Å². The molecule has 1 aromatic rings. The molecule has 0 unspecified atom stereocenters. The van der Waals surface area contributed by atoms with Gasteiger partial charge in [0.05, 0.1) is 10.8 Å². The Labute approximate surface area is 89.0 Å². The molecule has 0 bridgehead atoms. The molecule has 0 radical (unpaired) electrons. The normalized spacial score (nSPS) is 13.5. The van der Waals surface area contributed by atoms with Crippen LogP contribution in [0.15, 0.2) is 29.2 Å². The minimum Gasteiger partial charge on any atom is -0.369 e. The molecule has 0 fully saturated rings. The number of carbonyl (C=O) groups is 1. The molecule has 1 amide bonds. The molecule has 0 heterocycles. The molecule has 0 aromatic heterocycles. The number of hydrogen-bond acceptors (Lipinski definition) is 3. The smallest absolute Gasteiger partial charge is 0.224 e. The summed E-state index contributed by atoms with van der Waals surface area (Å²) in [6.07, 6.45) is 1.14. The average molecular weight is 227 g/mol. The van der Waals surface area contributed by atoms with Crippen molar-refractivity contribution in [3.05, 3.63) is 29.8 Å². The Morgan fingerprint density at radius 2 is 1.73 bits per heavy atom. The molecular weight excluding hydrogens is 214 g/mol. The van der Waals surface area contributed by atoms with Crippen LogP contribution < -0.4 is 5.73 Å². The first-order valence-corrected chi connectivity index (χ1v) is 6.31. The highest BCUT2D eigenvalue weighted by Crippen LogP contribution is 2.17. The molecule has 0 aliphatic heterocycles. The fourth-order valence-corrected chi connectivity index (χ4v) is 1.80. The maximum absolute atomic E-state index is 11.2. The van der Waals surface area contributed by atoms with Crippen LogP contribution in [0.4, 0.5) is 0 Å². The summed E-state index contributed by atoms with van der Waals surface area (Å²) in [7, 11) is -3.18. The Balaban J connectivity index is 3.06. The van der Waals surface area contributed by atoms with Gasteiger partial charge in [0, 0.05) is 6.26 Å². The molecule has 0 spiro atoms. The lowest BCUT2D eigenvalue weighted by Gasteiger charge is -2.07. The monoisotopic (exact) mass is 227 g/mol. The molecule has 0 saturated carbocycles. The summed E-state index contributed by atoms with van der Waals surface area (Å²) in [6, 6.07) is 6.16. The van der Waals surface area contributed by atoms with E-state index in [4.69, 9.17) is 5.73 Å². The van der Waals surface area contributed by atoms with Crippen molar-refractivity contribution in [3.8, 4) is 0 Å². The third kappa shape index (κ3) is 2.79. The van der Waals surface area contributed by atoms with Gasteiger partial charge in [-0.25, -0.2) is 8.42 Å². The number of amides is 1. The van der Waals surface area contributed by atoms with E-state index in [2.05, 4.69) is 0 Å². The molecule has 0 aliphatic carbocycles. The second-order valence-electron chi connectivity index (χ2n) is 3.47. The van der Waals surface area contributed by atoms with Crippen molar-refractivity contribution in [1.82, 2.24) is 0 Å². The van der Waals surface area contributed by atoms with E-state index in [1.54, 1.807) is 19.1 Å². The van der Waals surface area contributed by atoms with E-state index >= 15 is 0 Å². The van der Waals surface area contributed by atoms with E-state index in [1.807, 2.05) is 0 Å². The van der Waals surface area contributed by atoms with Gasteiger partial charge in [0.2, 0.25) is 5.91 Å². The Kier molecular flexibility index (Phi) is 3.14. The Morgan fingerprint density at radius 1 is 1.27 bits per heavy atom. The second-order valence-corrected chi connectivity index (χ2v) is 5.48.